The van der Waals surface area contributed by atoms with Gasteiger partial charge < -0.3 is 25.8 Å². The van der Waals surface area contributed by atoms with Crippen LogP contribution in [-0.2, 0) is 5.41 Å². The fraction of sp³-hybridized carbons (Fsp3) is 0.462. The molecule has 3 N–H and O–H groups in total. The second kappa shape index (κ2) is 11.6. The Bertz CT molecular complexity index is 1010. The number of rotatable bonds is 9. The number of likely N-dealkylation sites (tertiary alicyclic amines) is 1. The molecule has 0 saturated carbocycles. The summed E-state index contributed by atoms with van der Waals surface area (Å²) in [6.07, 6.45) is 8.63. The molecule has 0 radical (unpaired) electrons. The minimum absolute atomic E-state index is 0.145. The lowest BCUT2D eigenvalue weighted by Gasteiger charge is -2.45. The number of piperidine rings is 1. The van der Waals surface area contributed by atoms with Crippen molar-refractivity contribution >= 4 is 17.9 Å². The van der Waals surface area contributed by atoms with Crippen LogP contribution in [0.15, 0.2) is 59.1 Å². The summed E-state index contributed by atoms with van der Waals surface area (Å²) in [5.74, 6) is 1.14. The predicted molar refractivity (Wildman–Crippen MR) is 138 cm³/mol. The van der Waals surface area contributed by atoms with Crippen molar-refractivity contribution in [2.45, 2.75) is 38.0 Å². The Hall–Kier alpha value is -3.42. The molecule has 0 spiro atoms. The van der Waals surface area contributed by atoms with Gasteiger partial charge in [-0.3, -0.25) is 4.79 Å². The molecule has 1 aliphatic heterocycles. The average Bonchev–Trinajstić information content (AvgIpc) is 2.86. The molecule has 0 aliphatic carbocycles. The Morgan fingerprint density at radius 2 is 1.88 bits per heavy atom. The lowest BCUT2D eigenvalue weighted by Crippen LogP contribution is -2.50. The van der Waals surface area contributed by atoms with Crippen molar-refractivity contribution in [1.29, 1.82) is 0 Å². The molecule has 34 heavy (non-hydrogen) atoms. The summed E-state index contributed by atoms with van der Waals surface area (Å²) in [4.78, 5) is 29.8. The van der Waals surface area contributed by atoms with Gasteiger partial charge in [-0.2, -0.15) is 0 Å². The van der Waals surface area contributed by atoms with Crippen LogP contribution in [0.2, 0.25) is 0 Å². The van der Waals surface area contributed by atoms with Crippen LogP contribution < -0.4 is 11.1 Å². The van der Waals surface area contributed by atoms with Crippen LogP contribution in [0, 0.1) is 0 Å². The van der Waals surface area contributed by atoms with E-state index < -0.39 is 0 Å². The van der Waals surface area contributed by atoms with Crippen molar-refractivity contribution in [3.05, 3.63) is 65.4 Å². The summed E-state index contributed by atoms with van der Waals surface area (Å²) >= 11 is 0. The SMILES string of the molecule is CCC(CC=NC)=C(N(C)C)N1CCC(CNC(=O)c2nccnc2N)(c2ccccc2)CC1. The predicted octanol–water partition coefficient (Wildman–Crippen LogP) is 3.10. The smallest absolute Gasteiger partial charge is 0.273 e. The molecule has 1 aromatic heterocycles. The van der Waals surface area contributed by atoms with Crippen LogP contribution in [0.25, 0.3) is 0 Å². The highest BCUT2D eigenvalue weighted by Gasteiger charge is 2.38. The van der Waals surface area contributed by atoms with Gasteiger partial charge in [-0.1, -0.05) is 37.3 Å². The molecule has 8 heteroatoms. The van der Waals surface area contributed by atoms with E-state index in [9.17, 15) is 4.79 Å². The highest BCUT2D eigenvalue weighted by atomic mass is 16.1. The van der Waals surface area contributed by atoms with Gasteiger partial charge in [0.2, 0.25) is 0 Å². The summed E-state index contributed by atoms with van der Waals surface area (Å²) in [7, 11) is 6.04. The van der Waals surface area contributed by atoms with E-state index in [1.807, 2.05) is 19.3 Å². The Morgan fingerprint density at radius 1 is 1.21 bits per heavy atom. The fourth-order valence-electron chi connectivity index (χ4n) is 4.78. The average molecular weight is 464 g/mol. The zero-order chi connectivity index (χ0) is 24.6. The number of carbonyl (C=O) groups excluding carboxylic acids is 1. The van der Waals surface area contributed by atoms with Crippen LogP contribution in [0.1, 0.15) is 48.7 Å². The monoisotopic (exact) mass is 463 g/mol. The maximum Gasteiger partial charge on any atom is 0.273 e. The normalized spacial score (nSPS) is 16.3. The molecule has 0 bridgehead atoms. The minimum atomic E-state index is -0.288. The van der Waals surface area contributed by atoms with Crippen LogP contribution in [0.3, 0.4) is 0 Å². The second-order valence-electron chi connectivity index (χ2n) is 8.93. The molecule has 0 unspecified atom stereocenters. The number of aliphatic imine (C=N–C) groups is 1. The molecule has 1 aliphatic rings. The Kier molecular flexibility index (Phi) is 8.62. The van der Waals surface area contributed by atoms with Crippen molar-refractivity contribution in [2.75, 3.05) is 46.5 Å². The van der Waals surface area contributed by atoms with Gasteiger partial charge in [0.15, 0.2) is 11.5 Å². The number of hydrogen-bond acceptors (Lipinski definition) is 7. The number of nitrogens with zero attached hydrogens (tertiary/aromatic N) is 5. The highest BCUT2D eigenvalue weighted by Crippen LogP contribution is 2.37. The zero-order valence-corrected chi connectivity index (χ0v) is 20.8. The summed E-state index contributed by atoms with van der Waals surface area (Å²) in [5.41, 5.74) is 8.50. The number of hydrogen-bond donors (Lipinski definition) is 2. The first-order chi connectivity index (χ1) is 16.4. The maximum absolute atomic E-state index is 12.8. The summed E-state index contributed by atoms with van der Waals surface area (Å²) < 4.78 is 0. The van der Waals surface area contributed by atoms with Crippen molar-refractivity contribution < 1.29 is 4.79 Å². The Morgan fingerprint density at radius 3 is 2.47 bits per heavy atom. The summed E-state index contributed by atoms with van der Waals surface area (Å²) in [5, 5.41) is 3.10. The van der Waals surface area contributed by atoms with Crippen LogP contribution in [-0.4, -0.2) is 72.7 Å². The molecule has 1 amide bonds. The van der Waals surface area contributed by atoms with Gasteiger partial charge in [0.1, 0.15) is 5.82 Å². The summed E-state index contributed by atoms with van der Waals surface area (Å²) in [6.45, 7) is 4.52. The van der Waals surface area contributed by atoms with E-state index in [0.29, 0.717) is 6.54 Å². The van der Waals surface area contributed by atoms with Gasteiger partial charge in [0.25, 0.3) is 5.91 Å². The number of nitrogens with one attached hydrogen (secondary N) is 1. The lowest BCUT2D eigenvalue weighted by atomic mass is 9.72. The first-order valence-electron chi connectivity index (χ1n) is 11.9. The molecular weight excluding hydrogens is 426 g/mol. The molecule has 0 atom stereocenters. The quantitative estimate of drug-likeness (QED) is 0.555. The van der Waals surface area contributed by atoms with Gasteiger partial charge in [-0.15, -0.1) is 0 Å². The maximum atomic E-state index is 12.8. The van der Waals surface area contributed by atoms with E-state index >= 15 is 0 Å². The first kappa shape index (κ1) is 25.2. The van der Waals surface area contributed by atoms with Crippen LogP contribution in [0.4, 0.5) is 5.82 Å². The van der Waals surface area contributed by atoms with E-state index in [2.05, 4.69) is 75.4 Å². The van der Waals surface area contributed by atoms with Gasteiger partial charge in [-0.25, -0.2) is 9.97 Å². The first-order valence-corrected chi connectivity index (χ1v) is 11.9. The Balaban J connectivity index is 1.83. The molecule has 3 rings (SSSR count). The molecular formula is C26H37N7O. The van der Waals surface area contributed by atoms with E-state index in [1.165, 1.54) is 29.4 Å². The van der Waals surface area contributed by atoms with Crippen molar-refractivity contribution in [3.8, 4) is 0 Å². The number of aromatic nitrogens is 2. The molecule has 182 valence electrons. The second-order valence-corrected chi connectivity index (χ2v) is 8.93. The lowest BCUT2D eigenvalue weighted by molar-refractivity contribution is 0.0918. The number of nitrogens with two attached hydrogens (primary N) is 1. The number of carbonyl (C=O) groups is 1. The minimum Gasteiger partial charge on any atom is -0.382 e. The highest BCUT2D eigenvalue weighted by molar-refractivity contribution is 5.96. The Labute approximate surface area is 203 Å². The third-order valence-corrected chi connectivity index (χ3v) is 6.62. The third kappa shape index (κ3) is 5.73. The van der Waals surface area contributed by atoms with E-state index in [0.717, 1.165) is 38.8 Å². The van der Waals surface area contributed by atoms with E-state index in [4.69, 9.17) is 5.73 Å². The molecule has 2 heterocycles. The van der Waals surface area contributed by atoms with Gasteiger partial charge in [-0.05, 0) is 30.4 Å². The largest absolute Gasteiger partial charge is 0.382 e. The van der Waals surface area contributed by atoms with Crippen molar-refractivity contribution in [1.82, 2.24) is 25.1 Å². The van der Waals surface area contributed by atoms with Crippen LogP contribution in [0.5, 0.6) is 0 Å². The van der Waals surface area contributed by atoms with E-state index in [1.54, 1.807) is 0 Å². The third-order valence-electron chi connectivity index (χ3n) is 6.62. The number of allylic oxidation sites excluding steroid dienone is 1. The van der Waals surface area contributed by atoms with E-state index in [-0.39, 0.29) is 22.8 Å². The zero-order valence-electron chi connectivity index (χ0n) is 20.8. The summed E-state index contributed by atoms with van der Waals surface area (Å²) in [6, 6.07) is 10.5. The van der Waals surface area contributed by atoms with Crippen molar-refractivity contribution in [2.24, 2.45) is 4.99 Å². The number of anilines is 1. The molecule has 1 fully saturated rings. The van der Waals surface area contributed by atoms with Gasteiger partial charge in [0.05, 0.1) is 0 Å². The molecule has 1 saturated heterocycles. The number of amides is 1. The van der Waals surface area contributed by atoms with Crippen LogP contribution >= 0.6 is 0 Å². The number of benzene rings is 1. The molecule has 8 nitrogen and oxygen atoms in total. The fourth-order valence-corrected chi connectivity index (χ4v) is 4.78. The van der Waals surface area contributed by atoms with Crippen molar-refractivity contribution in [3.63, 3.8) is 0 Å². The standard InChI is InChI=1S/C26H37N7O/c1-5-20(11-14-28-2)25(32(3)4)33-17-12-26(13-18-33,21-9-7-6-8-10-21)19-31-24(34)22-23(27)30-16-15-29-22/h6-10,14-16H,5,11-13,17-19H2,1-4H3,(H2,27,30)(H,31,34). The molecule has 1 aromatic carbocycles. The number of nitrogen functional groups attached to an aromatic ring is 1. The topological polar surface area (TPSA) is 99.7 Å². The van der Waals surface area contributed by atoms with Gasteiger partial charge >= 0.3 is 0 Å². The van der Waals surface area contributed by atoms with Gasteiger partial charge in [0, 0.05) is 71.2 Å². The molecule has 2 aromatic rings.